The molecule has 0 N–H and O–H groups in total. The van der Waals surface area contributed by atoms with Crippen molar-refractivity contribution < 1.29 is 4.74 Å². The van der Waals surface area contributed by atoms with Crippen molar-refractivity contribution in [3.63, 3.8) is 0 Å². The van der Waals surface area contributed by atoms with Crippen molar-refractivity contribution in [3.05, 3.63) is 103 Å². The van der Waals surface area contributed by atoms with E-state index in [1.165, 1.54) is 135 Å². The van der Waals surface area contributed by atoms with Crippen molar-refractivity contribution in [2.75, 3.05) is 14.2 Å². The van der Waals surface area contributed by atoms with Gasteiger partial charge in [0.2, 0.25) is 0 Å². The lowest BCUT2D eigenvalue weighted by Crippen LogP contribution is -2.48. The van der Waals surface area contributed by atoms with E-state index >= 15 is 0 Å². The largest absolute Gasteiger partial charge is 0.496 e. The lowest BCUT2D eigenvalue weighted by atomic mass is 10.3. The maximum Gasteiger partial charge on any atom is 0.128 e. The summed E-state index contributed by atoms with van der Waals surface area (Å²) in [6.45, 7) is 14.3. The minimum atomic E-state index is -1.61. The summed E-state index contributed by atoms with van der Waals surface area (Å²) in [6.07, 6.45) is 16.0. The van der Waals surface area contributed by atoms with Crippen molar-refractivity contribution in [3.8, 4) is 5.75 Å². The van der Waals surface area contributed by atoms with Gasteiger partial charge in [-0.05, 0) is 35.1 Å². The monoisotopic (exact) mass is 826 g/mol. The van der Waals surface area contributed by atoms with E-state index in [4.69, 9.17) is 4.74 Å². The van der Waals surface area contributed by atoms with Crippen molar-refractivity contribution in [1.29, 1.82) is 0 Å². The van der Waals surface area contributed by atoms with Crippen LogP contribution in [0.15, 0.2) is 103 Å². The predicted molar refractivity (Wildman–Crippen MR) is 262 cm³/mol. The quantitative estimate of drug-likeness (QED) is 0.0439. The zero-order valence-corrected chi connectivity index (χ0v) is 40.6. The first kappa shape index (κ1) is 46.6. The highest BCUT2D eigenvalue weighted by Crippen LogP contribution is 2.54. The number of nitrogens with zero attached hydrogens (tertiary/aromatic N) is 1. The molecule has 306 valence electrons. The Labute approximate surface area is 349 Å². The Morgan fingerprint density at radius 3 is 1.12 bits per heavy atom. The number of rotatable bonds is 27. The highest BCUT2D eigenvalue weighted by atomic mass is 31.2. The fourth-order valence-electron chi connectivity index (χ4n) is 9.03. The summed E-state index contributed by atoms with van der Waals surface area (Å²) in [5.74, 6) is 0.979. The second-order valence-corrected chi connectivity index (χ2v) is 30.5. The molecule has 56 heavy (non-hydrogen) atoms. The summed E-state index contributed by atoms with van der Waals surface area (Å²) >= 11 is 0. The third kappa shape index (κ3) is 12.2. The normalized spacial score (nSPS) is 12.8. The average molecular weight is 826 g/mol. The Kier molecular flexibility index (Phi) is 20.6. The minimum Gasteiger partial charge on any atom is -0.496 e. The number of ether oxygens (including phenoxy) is 1. The zero-order valence-electron chi connectivity index (χ0n) is 36.8. The Morgan fingerprint density at radius 2 is 0.768 bits per heavy atom. The number of unbranched alkanes of at least 4 members (excludes halogenated alkanes) is 6. The number of hydrogen-bond donors (Lipinski definition) is 0. The highest BCUT2D eigenvalue weighted by Gasteiger charge is 2.36. The van der Waals surface area contributed by atoms with Crippen molar-refractivity contribution >= 4 is 63.9 Å². The third-order valence-electron chi connectivity index (χ3n) is 12.4. The molecule has 6 heteroatoms. The summed E-state index contributed by atoms with van der Waals surface area (Å²) in [4.78, 5) is 0. The van der Waals surface area contributed by atoms with E-state index in [1.54, 1.807) is 10.4 Å². The van der Waals surface area contributed by atoms with Crippen LogP contribution in [0.2, 0.25) is 36.3 Å². The molecule has 0 aliphatic carbocycles. The van der Waals surface area contributed by atoms with Gasteiger partial charge in [-0.2, -0.15) is 0 Å². The van der Waals surface area contributed by atoms with Crippen LogP contribution in [0.5, 0.6) is 5.75 Å². The highest BCUT2D eigenvalue weighted by molar-refractivity contribution is 7.84. The Bertz CT molecular complexity index is 1530. The molecule has 0 saturated carbocycles. The molecule has 0 aliphatic heterocycles. The Hall–Kier alpha value is -2.07. The molecule has 0 amide bonds. The minimum absolute atomic E-state index is 0.841. The lowest BCUT2D eigenvalue weighted by Gasteiger charge is -2.38. The molecule has 4 aromatic rings. The van der Waals surface area contributed by atoms with E-state index in [2.05, 4.69) is 156 Å². The number of hydrogen-bond acceptors (Lipinski definition) is 2. The van der Waals surface area contributed by atoms with E-state index in [0.717, 1.165) is 5.75 Å². The topological polar surface area (TPSA) is 12.5 Å². The van der Waals surface area contributed by atoms with Crippen LogP contribution in [0.1, 0.15) is 119 Å². The number of para-hydroxylation sites is 1. The summed E-state index contributed by atoms with van der Waals surface area (Å²) in [5.41, 5.74) is 0. The molecule has 0 bridgehead atoms. The van der Waals surface area contributed by atoms with Gasteiger partial charge in [-0.15, -0.1) is 0 Å². The molecule has 4 aromatic carbocycles. The van der Waals surface area contributed by atoms with Gasteiger partial charge in [-0.3, -0.25) is 0 Å². The molecule has 1 unspecified atom stereocenters. The fraction of sp³-hybridized carbons (Fsp3) is 0.520. The van der Waals surface area contributed by atoms with Gasteiger partial charge in [0, 0.05) is 21.4 Å². The van der Waals surface area contributed by atoms with Crippen LogP contribution in [0, 0.1) is 0 Å². The molecule has 0 aromatic heterocycles. The van der Waals surface area contributed by atoms with E-state index in [-0.39, 0.29) is 0 Å². The Morgan fingerprint density at radius 1 is 0.429 bits per heavy atom. The van der Waals surface area contributed by atoms with Crippen LogP contribution in [-0.2, 0) is 0 Å². The van der Waals surface area contributed by atoms with E-state index in [0.29, 0.717) is 0 Å². The SMILES string of the molecule is CCCC[Si](CCCC)(CCCC)c1ccc(P(c2ccc([Si](CCCC)(CCCC)CCCC)cc2)N(C)P(c2ccccc2)c2ccccc2OC)cc1. The summed E-state index contributed by atoms with van der Waals surface area (Å²) < 4.78 is 8.85. The molecule has 0 fully saturated rings. The predicted octanol–water partition coefficient (Wildman–Crippen LogP) is 13.1. The van der Waals surface area contributed by atoms with E-state index < -0.39 is 32.3 Å². The third-order valence-corrected chi connectivity index (χ3v) is 28.8. The van der Waals surface area contributed by atoms with E-state index in [9.17, 15) is 0 Å². The molecule has 1 atom stereocenters. The molecule has 0 radical (unpaired) electrons. The Balaban J connectivity index is 1.91. The average Bonchev–Trinajstić information content (AvgIpc) is 3.25. The van der Waals surface area contributed by atoms with Gasteiger partial charge < -0.3 is 4.74 Å². The van der Waals surface area contributed by atoms with Gasteiger partial charge in [-0.1, -0.05) is 256 Å². The van der Waals surface area contributed by atoms with Crippen molar-refractivity contribution in [2.45, 2.75) is 155 Å². The van der Waals surface area contributed by atoms with Crippen LogP contribution in [0.4, 0.5) is 0 Å². The van der Waals surface area contributed by atoms with Crippen LogP contribution in [0.3, 0.4) is 0 Å². The molecule has 0 spiro atoms. The molecule has 4 rings (SSSR count). The second-order valence-electron chi connectivity index (χ2n) is 16.4. The maximum atomic E-state index is 6.09. The summed E-state index contributed by atoms with van der Waals surface area (Å²) in [5, 5.41) is 9.00. The van der Waals surface area contributed by atoms with Gasteiger partial charge >= 0.3 is 0 Å². The molecular formula is C50H77NOP2Si2. The first-order valence-electron chi connectivity index (χ1n) is 22.6. The fourth-order valence-corrected chi connectivity index (χ4v) is 25.9. The standard InChI is InChI=1S/C50H77NOP2Si2/c1-9-15-38-55(39-16-10-2,40-17-11-3)47-34-30-45(31-35-47)53(51(7)54(44-26-22-21-23-27-44)50-29-25-24-28-49(50)52-8)46-32-36-48(37-33-46)56(41-18-12-4,42-19-13-5)43-20-14-6/h21-37H,9-20,38-43H2,1-8H3. The van der Waals surface area contributed by atoms with Gasteiger partial charge in [0.05, 0.1) is 23.3 Å². The zero-order chi connectivity index (χ0) is 40.2. The van der Waals surface area contributed by atoms with Gasteiger partial charge in [0.1, 0.15) is 5.75 Å². The molecule has 0 aliphatic rings. The van der Waals surface area contributed by atoms with Crippen LogP contribution >= 0.6 is 16.1 Å². The molecule has 2 nitrogen and oxygen atoms in total. The van der Waals surface area contributed by atoms with Crippen LogP contribution in [0.25, 0.3) is 0 Å². The van der Waals surface area contributed by atoms with Gasteiger partial charge in [0.15, 0.2) is 0 Å². The molecule has 0 heterocycles. The number of benzene rings is 4. The van der Waals surface area contributed by atoms with E-state index in [1.807, 2.05) is 7.11 Å². The number of methoxy groups -OCH3 is 1. The summed E-state index contributed by atoms with van der Waals surface area (Å²) in [6, 6.07) is 49.3. The summed E-state index contributed by atoms with van der Waals surface area (Å²) in [7, 11) is -0.714. The van der Waals surface area contributed by atoms with Crippen molar-refractivity contribution in [1.82, 2.24) is 4.44 Å². The van der Waals surface area contributed by atoms with Gasteiger partial charge in [-0.25, -0.2) is 4.44 Å². The first-order chi connectivity index (χ1) is 27.4. The van der Waals surface area contributed by atoms with Crippen molar-refractivity contribution in [2.24, 2.45) is 0 Å². The van der Waals surface area contributed by atoms with Crippen LogP contribution in [-0.4, -0.2) is 34.7 Å². The maximum absolute atomic E-state index is 6.09. The lowest BCUT2D eigenvalue weighted by molar-refractivity contribution is 0.418. The second kappa shape index (κ2) is 24.8. The first-order valence-corrected chi connectivity index (χ1v) is 30.4. The smallest absolute Gasteiger partial charge is 0.128 e. The van der Waals surface area contributed by atoms with Gasteiger partial charge in [0.25, 0.3) is 0 Å². The molecular weight excluding hydrogens is 749 g/mol. The molecule has 0 saturated heterocycles. The van der Waals surface area contributed by atoms with Crippen LogP contribution < -0.4 is 36.3 Å².